The van der Waals surface area contributed by atoms with Gasteiger partial charge >= 0.3 is 0 Å². The number of nitrogens with zero attached hydrogens (tertiary/aromatic N) is 1. The van der Waals surface area contributed by atoms with Gasteiger partial charge in [0, 0.05) is 18.2 Å². The van der Waals surface area contributed by atoms with Crippen LogP contribution in [0.15, 0.2) is 39.1 Å². The smallest absolute Gasteiger partial charge is 0.260 e. The number of aryl methyl sites for hydroxylation is 1. The third kappa shape index (κ3) is 6.66. The highest BCUT2D eigenvalue weighted by Gasteiger charge is 2.16. The Morgan fingerprint density at radius 3 is 2.49 bits per heavy atom. The Hall–Kier alpha value is -3.27. The van der Waals surface area contributed by atoms with Crippen LogP contribution in [0.2, 0.25) is 0 Å². The molecule has 15 heteroatoms. The molecule has 3 rings (SSSR count). The molecule has 2 heterocycles. The van der Waals surface area contributed by atoms with E-state index >= 15 is 0 Å². The first-order valence-electron chi connectivity index (χ1n) is 9.95. The second-order valence-electron chi connectivity index (χ2n) is 7.13. The number of hydrogen-bond acceptors (Lipinski definition) is 11. The van der Waals surface area contributed by atoms with Crippen molar-refractivity contribution in [2.45, 2.75) is 29.8 Å². The molecule has 0 saturated carbocycles. The summed E-state index contributed by atoms with van der Waals surface area (Å²) in [6.07, 6.45) is -0.180. The van der Waals surface area contributed by atoms with Crippen LogP contribution in [0, 0.1) is 6.92 Å². The van der Waals surface area contributed by atoms with Crippen LogP contribution in [-0.4, -0.2) is 48.5 Å². The number of aromatic amines is 1. The minimum atomic E-state index is -3.84. The van der Waals surface area contributed by atoms with E-state index in [9.17, 15) is 37.8 Å². The number of aromatic carboxylic acids is 1. The number of nitrogens with one attached hydrogen (secondary N) is 3. The Balaban J connectivity index is 1.59. The molecule has 0 unspecified atom stereocenters. The van der Waals surface area contributed by atoms with Crippen LogP contribution in [0.4, 0.5) is 5.69 Å². The number of fused-ring (bicyclic) bond motifs is 1. The summed E-state index contributed by atoms with van der Waals surface area (Å²) in [5.74, 6) is -3.25. The molecule has 186 valence electrons. The molecule has 0 aliphatic heterocycles. The summed E-state index contributed by atoms with van der Waals surface area (Å²) < 4.78 is 26.7. The van der Waals surface area contributed by atoms with Crippen LogP contribution in [0.5, 0.6) is 0 Å². The lowest BCUT2D eigenvalue weighted by molar-refractivity contribution is -0.305. The third-order valence-corrected chi connectivity index (χ3v) is 8.12. The molecule has 1 amide bonds. The zero-order valence-corrected chi connectivity index (χ0v) is 20.5. The normalized spacial score (nSPS) is 11.5. The zero-order chi connectivity index (χ0) is 25.8. The van der Waals surface area contributed by atoms with Gasteiger partial charge in [-0.2, -0.15) is 0 Å². The first kappa shape index (κ1) is 26.3. The first-order chi connectivity index (χ1) is 16.5. The summed E-state index contributed by atoms with van der Waals surface area (Å²) in [4.78, 5) is 52.9. The number of hydrogen-bond donors (Lipinski definition) is 3. The second kappa shape index (κ2) is 11.0. The van der Waals surface area contributed by atoms with Crippen molar-refractivity contribution in [1.82, 2.24) is 14.7 Å². The molecule has 3 aromatic rings. The van der Waals surface area contributed by atoms with Gasteiger partial charge in [-0.15, -0.1) is 11.3 Å². The molecule has 0 saturated heterocycles. The number of anilines is 1. The Kier molecular flexibility index (Phi) is 8.26. The summed E-state index contributed by atoms with van der Waals surface area (Å²) in [5.41, 5.74) is 0.0753. The quantitative estimate of drug-likeness (QED) is 0.157. The first-order valence-corrected chi connectivity index (χ1v) is 13.2. The van der Waals surface area contributed by atoms with Crippen LogP contribution >= 0.6 is 23.1 Å². The van der Waals surface area contributed by atoms with Crippen LogP contribution in [0.25, 0.3) is 10.2 Å². The number of thioether (sulfide) groups is 1. The average Bonchev–Trinajstić information content (AvgIpc) is 3.13. The summed E-state index contributed by atoms with van der Waals surface area (Å²) >= 11 is 1.75. The highest BCUT2D eigenvalue weighted by molar-refractivity contribution is 7.99. The topological polar surface area (TPSA) is 201 Å². The van der Waals surface area contributed by atoms with E-state index in [2.05, 4.69) is 20.0 Å². The number of sulfonamides is 1. The highest BCUT2D eigenvalue weighted by Crippen LogP contribution is 2.27. The van der Waals surface area contributed by atoms with E-state index in [1.54, 1.807) is 0 Å². The summed E-state index contributed by atoms with van der Waals surface area (Å²) in [7, 11) is -3.84. The lowest BCUT2D eigenvalue weighted by Gasteiger charge is -2.09. The molecule has 3 N–H and O–H groups in total. The van der Waals surface area contributed by atoms with Gasteiger partial charge in [-0.3, -0.25) is 9.59 Å². The minimum absolute atomic E-state index is 0.0597. The molecule has 35 heavy (non-hydrogen) atoms. The van der Waals surface area contributed by atoms with E-state index in [1.807, 2.05) is 0 Å². The number of benzene rings is 1. The van der Waals surface area contributed by atoms with Crippen LogP contribution < -0.4 is 25.8 Å². The number of aliphatic carboxylic acids is 1. The Morgan fingerprint density at radius 1 is 1.17 bits per heavy atom. The van der Waals surface area contributed by atoms with Crippen molar-refractivity contribution in [2.24, 2.45) is 0 Å². The van der Waals surface area contributed by atoms with Crippen molar-refractivity contribution >= 4 is 66.9 Å². The van der Waals surface area contributed by atoms with Crippen molar-refractivity contribution in [3.63, 3.8) is 0 Å². The van der Waals surface area contributed by atoms with E-state index in [-0.39, 0.29) is 55.8 Å². The molecule has 0 aliphatic rings. The van der Waals surface area contributed by atoms with Crippen molar-refractivity contribution < 1.29 is 33.0 Å². The molecule has 0 spiro atoms. The molecule has 0 bridgehead atoms. The van der Waals surface area contributed by atoms with E-state index in [4.69, 9.17) is 0 Å². The molecule has 0 atom stereocenters. The molecule has 0 radical (unpaired) electrons. The maximum absolute atomic E-state index is 12.3. The van der Waals surface area contributed by atoms with Gasteiger partial charge in [-0.25, -0.2) is 18.1 Å². The van der Waals surface area contributed by atoms with Gasteiger partial charge in [-0.05, 0) is 49.6 Å². The van der Waals surface area contributed by atoms with E-state index < -0.39 is 33.4 Å². The zero-order valence-electron chi connectivity index (χ0n) is 18.1. The van der Waals surface area contributed by atoms with Crippen molar-refractivity contribution in [3.05, 3.63) is 45.1 Å². The number of aromatic nitrogens is 2. The number of H-pyrrole nitrogens is 1. The van der Waals surface area contributed by atoms with Gasteiger partial charge in [0.05, 0.1) is 26.9 Å². The number of rotatable bonds is 11. The average molecular weight is 539 g/mol. The fourth-order valence-corrected chi connectivity index (χ4v) is 5.77. The molecule has 1 aromatic carbocycles. The predicted molar refractivity (Wildman–Crippen MR) is 125 cm³/mol. The molecule has 2 aromatic heterocycles. The molecular formula is C20H18N4O8S3-2. The van der Waals surface area contributed by atoms with E-state index in [0.29, 0.717) is 5.69 Å². The van der Waals surface area contributed by atoms with Gasteiger partial charge in [0.2, 0.25) is 15.9 Å². The number of carbonyl (C=O) groups excluding carboxylic acids is 3. The highest BCUT2D eigenvalue weighted by atomic mass is 32.2. The molecule has 0 fully saturated rings. The number of thiophene rings is 1. The Morgan fingerprint density at radius 2 is 1.86 bits per heavy atom. The second-order valence-corrected chi connectivity index (χ2v) is 10.9. The summed E-state index contributed by atoms with van der Waals surface area (Å²) in [6, 6.07) is 5.34. The largest absolute Gasteiger partial charge is 0.550 e. The standard InChI is InChI=1S/C20H20N4O8S3/c1-10-15-17(28)23-20(24-18(15)34-16(10)19(29)30)33-9-13(25)22-11-4-6-12(7-5-11)35(31,32)21-8-2-3-14(26)27/h4-7,21H,2-3,8-9H2,1H3,(H,22,25)(H,26,27)(H,29,30)(H,23,24,28)/p-2. The summed E-state index contributed by atoms with van der Waals surface area (Å²) in [5, 5.41) is 24.4. The predicted octanol–water partition coefficient (Wildman–Crippen LogP) is -0.804. The van der Waals surface area contributed by atoms with E-state index in [0.717, 1.165) is 23.1 Å². The maximum Gasteiger partial charge on any atom is 0.260 e. The number of amides is 1. The minimum Gasteiger partial charge on any atom is -0.550 e. The van der Waals surface area contributed by atoms with Gasteiger partial charge in [0.25, 0.3) is 5.56 Å². The number of carboxylic acid groups (broad SMARTS) is 2. The fraction of sp³-hybridized carbons (Fsp3) is 0.250. The summed E-state index contributed by atoms with van der Waals surface area (Å²) in [6.45, 7) is 1.43. The molecular weight excluding hydrogens is 520 g/mol. The van der Waals surface area contributed by atoms with Crippen molar-refractivity contribution in [2.75, 3.05) is 17.6 Å². The van der Waals surface area contributed by atoms with E-state index in [1.165, 1.54) is 31.2 Å². The monoisotopic (exact) mass is 538 g/mol. The van der Waals surface area contributed by atoms with Crippen molar-refractivity contribution in [1.29, 1.82) is 0 Å². The fourth-order valence-electron chi connectivity index (χ4n) is 2.96. The lowest BCUT2D eigenvalue weighted by atomic mass is 10.2. The maximum atomic E-state index is 12.3. The van der Waals surface area contributed by atoms with Gasteiger partial charge in [0.15, 0.2) is 5.16 Å². The Labute approximate surface area is 206 Å². The number of carboxylic acids is 2. The molecule has 12 nitrogen and oxygen atoms in total. The lowest BCUT2D eigenvalue weighted by Crippen LogP contribution is -2.27. The SMILES string of the molecule is Cc1c(C(=O)[O-])sc2nc(SCC(=O)Nc3ccc(S(=O)(=O)NCCCC(=O)[O-])cc3)[nH]c(=O)c12. The Bertz CT molecular complexity index is 1450. The van der Waals surface area contributed by atoms with Crippen LogP contribution in [-0.2, 0) is 19.6 Å². The van der Waals surface area contributed by atoms with Gasteiger partial charge < -0.3 is 30.1 Å². The van der Waals surface area contributed by atoms with Crippen molar-refractivity contribution in [3.8, 4) is 0 Å². The number of carbonyl (C=O) groups is 3. The van der Waals surface area contributed by atoms with Gasteiger partial charge in [-0.1, -0.05) is 11.8 Å². The van der Waals surface area contributed by atoms with Crippen LogP contribution in [0.1, 0.15) is 28.1 Å². The third-order valence-electron chi connectivity index (χ3n) is 4.60. The van der Waals surface area contributed by atoms with Gasteiger partial charge in [0.1, 0.15) is 4.83 Å². The van der Waals surface area contributed by atoms with Crippen LogP contribution in [0.3, 0.4) is 0 Å². The molecule has 0 aliphatic carbocycles.